The SMILES string of the molecule is CSC(C)(C)CNS(=O)(=O)c1cc(Cl)cc(C(=O)O)c1F. The first-order valence-corrected chi connectivity index (χ1v) is 8.86. The number of carboxylic acids is 1. The molecule has 0 amide bonds. The molecule has 5 nitrogen and oxygen atoms in total. The molecule has 0 saturated carbocycles. The number of aromatic carboxylic acids is 1. The molecule has 9 heteroatoms. The Morgan fingerprint density at radius 1 is 1.48 bits per heavy atom. The Morgan fingerprint density at radius 3 is 2.52 bits per heavy atom. The van der Waals surface area contributed by atoms with E-state index in [-0.39, 0.29) is 11.6 Å². The van der Waals surface area contributed by atoms with E-state index in [9.17, 15) is 17.6 Å². The van der Waals surface area contributed by atoms with Crippen molar-refractivity contribution in [1.29, 1.82) is 0 Å². The average molecular weight is 356 g/mol. The molecule has 0 heterocycles. The van der Waals surface area contributed by atoms with E-state index in [0.717, 1.165) is 12.1 Å². The zero-order valence-electron chi connectivity index (χ0n) is 11.6. The Bertz CT molecular complexity index is 661. The lowest BCUT2D eigenvalue weighted by molar-refractivity contribution is 0.0691. The maximum atomic E-state index is 14.0. The molecule has 1 rings (SSSR count). The van der Waals surface area contributed by atoms with Crippen LogP contribution in [-0.2, 0) is 10.0 Å². The van der Waals surface area contributed by atoms with Crippen LogP contribution in [0.4, 0.5) is 4.39 Å². The molecule has 0 unspecified atom stereocenters. The summed E-state index contributed by atoms with van der Waals surface area (Å²) in [4.78, 5) is 10.1. The fraction of sp³-hybridized carbons (Fsp3) is 0.417. The minimum Gasteiger partial charge on any atom is -0.478 e. The van der Waals surface area contributed by atoms with Crippen LogP contribution < -0.4 is 4.72 Å². The summed E-state index contributed by atoms with van der Waals surface area (Å²) in [6.07, 6.45) is 1.82. The average Bonchev–Trinajstić information content (AvgIpc) is 2.38. The maximum absolute atomic E-state index is 14.0. The molecule has 0 fully saturated rings. The lowest BCUT2D eigenvalue weighted by Gasteiger charge is -2.22. The summed E-state index contributed by atoms with van der Waals surface area (Å²) < 4.78 is 40.2. The summed E-state index contributed by atoms with van der Waals surface area (Å²) in [6, 6.07) is 1.75. The lowest BCUT2D eigenvalue weighted by atomic mass is 10.2. The molecule has 21 heavy (non-hydrogen) atoms. The third kappa shape index (κ3) is 4.57. The molecule has 1 aromatic carbocycles. The fourth-order valence-electron chi connectivity index (χ4n) is 1.33. The van der Waals surface area contributed by atoms with Gasteiger partial charge in [0, 0.05) is 16.3 Å². The first-order valence-electron chi connectivity index (χ1n) is 5.77. The summed E-state index contributed by atoms with van der Waals surface area (Å²) in [6.45, 7) is 3.69. The third-order valence-electron chi connectivity index (χ3n) is 2.76. The monoisotopic (exact) mass is 355 g/mol. The number of halogens is 2. The van der Waals surface area contributed by atoms with Crippen molar-refractivity contribution >= 4 is 39.4 Å². The Kier molecular flexibility index (Phi) is 5.65. The second-order valence-electron chi connectivity index (χ2n) is 4.86. The van der Waals surface area contributed by atoms with Crippen molar-refractivity contribution in [2.45, 2.75) is 23.5 Å². The quantitative estimate of drug-likeness (QED) is 0.819. The predicted octanol–water partition coefficient (Wildman–Crippen LogP) is 2.60. The number of hydrogen-bond acceptors (Lipinski definition) is 4. The largest absolute Gasteiger partial charge is 0.478 e. The van der Waals surface area contributed by atoms with Gasteiger partial charge in [0.2, 0.25) is 10.0 Å². The Labute approximate surface area is 131 Å². The minimum absolute atomic E-state index is 0.0604. The van der Waals surface area contributed by atoms with Gasteiger partial charge in [-0.3, -0.25) is 0 Å². The van der Waals surface area contributed by atoms with Crippen molar-refractivity contribution in [2.75, 3.05) is 12.8 Å². The van der Waals surface area contributed by atoms with Crippen molar-refractivity contribution in [2.24, 2.45) is 0 Å². The minimum atomic E-state index is -4.20. The first-order chi connectivity index (χ1) is 9.50. The van der Waals surface area contributed by atoms with Crippen molar-refractivity contribution in [3.8, 4) is 0 Å². The van der Waals surface area contributed by atoms with Gasteiger partial charge in [-0.15, -0.1) is 0 Å². The van der Waals surface area contributed by atoms with Gasteiger partial charge in [0.05, 0.1) is 5.56 Å². The summed E-state index contributed by atoms with van der Waals surface area (Å²) in [7, 11) is -4.20. The summed E-state index contributed by atoms with van der Waals surface area (Å²) in [5, 5.41) is 8.69. The number of benzene rings is 1. The lowest BCUT2D eigenvalue weighted by Crippen LogP contribution is -2.36. The fourth-order valence-corrected chi connectivity index (χ4v) is 3.26. The molecule has 0 bridgehead atoms. The van der Waals surface area contributed by atoms with Crippen molar-refractivity contribution in [3.63, 3.8) is 0 Å². The highest BCUT2D eigenvalue weighted by Gasteiger charge is 2.27. The zero-order chi connectivity index (χ0) is 16.4. The topological polar surface area (TPSA) is 83.5 Å². The van der Waals surface area contributed by atoms with Crippen LogP contribution in [0.15, 0.2) is 17.0 Å². The molecule has 0 radical (unpaired) electrons. The highest BCUT2D eigenvalue weighted by Crippen LogP contribution is 2.25. The Balaban J connectivity index is 3.23. The Morgan fingerprint density at radius 2 is 2.05 bits per heavy atom. The van der Waals surface area contributed by atoms with Crippen LogP contribution in [0.25, 0.3) is 0 Å². The predicted molar refractivity (Wildman–Crippen MR) is 81.2 cm³/mol. The smallest absolute Gasteiger partial charge is 0.338 e. The van der Waals surface area contributed by atoms with E-state index in [1.54, 1.807) is 0 Å². The summed E-state index contributed by atoms with van der Waals surface area (Å²) >= 11 is 7.10. The van der Waals surface area contributed by atoms with E-state index in [1.807, 2.05) is 20.1 Å². The van der Waals surface area contributed by atoms with Crippen LogP contribution >= 0.6 is 23.4 Å². The molecule has 2 N–H and O–H groups in total. The number of thioether (sulfide) groups is 1. The van der Waals surface area contributed by atoms with Crippen LogP contribution in [-0.4, -0.2) is 37.0 Å². The van der Waals surface area contributed by atoms with E-state index >= 15 is 0 Å². The number of carbonyl (C=O) groups is 1. The number of rotatable bonds is 6. The van der Waals surface area contributed by atoms with Gasteiger partial charge in [-0.05, 0) is 32.2 Å². The number of hydrogen-bond donors (Lipinski definition) is 2. The maximum Gasteiger partial charge on any atom is 0.338 e. The molecule has 118 valence electrons. The highest BCUT2D eigenvalue weighted by atomic mass is 35.5. The van der Waals surface area contributed by atoms with Gasteiger partial charge in [-0.1, -0.05) is 11.6 Å². The van der Waals surface area contributed by atoms with Crippen LogP contribution in [0.5, 0.6) is 0 Å². The van der Waals surface area contributed by atoms with Crippen LogP contribution in [0, 0.1) is 5.82 Å². The number of sulfonamides is 1. The normalized spacial score (nSPS) is 12.4. The molecule has 0 saturated heterocycles. The summed E-state index contributed by atoms with van der Waals surface area (Å²) in [5.74, 6) is -2.92. The van der Waals surface area contributed by atoms with E-state index < -0.39 is 37.0 Å². The second-order valence-corrected chi connectivity index (χ2v) is 8.54. The van der Waals surface area contributed by atoms with Crippen LogP contribution in [0.1, 0.15) is 24.2 Å². The van der Waals surface area contributed by atoms with Crippen molar-refractivity contribution in [1.82, 2.24) is 4.72 Å². The standard InChI is InChI=1S/C12H15ClFNO4S2/c1-12(2,20-3)6-15-21(18,19)9-5-7(13)4-8(10(9)14)11(16)17/h4-5,15H,6H2,1-3H3,(H,16,17). The molecular formula is C12H15ClFNO4S2. The van der Waals surface area contributed by atoms with Crippen LogP contribution in [0.3, 0.4) is 0 Å². The van der Waals surface area contributed by atoms with Gasteiger partial charge in [-0.25, -0.2) is 22.3 Å². The van der Waals surface area contributed by atoms with Crippen molar-refractivity contribution < 1.29 is 22.7 Å². The molecule has 0 atom stereocenters. The van der Waals surface area contributed by atoms with Gasteiger partial charge in [-0.2, -0.15) is 11.8 Å². The molecule has 0 aliphatic carbocycles. The van der Waals surface area contributed by atoms with Crippen LogP contribution in [0.2, 0.25) is 5.02 Å². The number of carboxylic acid groups (broad SMARTS) is 1. The molecule has 0 aromatic heterocycles. The molecule has 0 aliphatic rings. The molecule has 0 aliphatic heterocycles. The molecule has 1 aromatic rings. The van der Waals surface area contributed by atoms with Gasteiger partial charge in [0.15, 0.2) is 5.82 Å². The van der Waals surface area contributed by atoms with E-state index in [0.29, 0.717) is 0 Å². The highest BCUT2D eigenvalue weighted by molar-refractivity contribution is 8.00. The summed E-state index contributed by atoms with van der Waals surface area (Å²) in [5.41, 5.74) is -0.785. The zero-order valence-corrected chi connectivity index (χ0v) is 14.0. The van der Waals surface area contributed by atoms with E-state index in [4.69, 9.17) is 16.7 Å². The third-order valence-corrected chi connectivity index (χ3v) is 5.63. The van der Waals surface area contributed by atoms with E-state index in [2.05, 4.69) is 4.72 Å². The van der Waals surface area contributed by atoms with Crippen molar-refractivity contribution in [3.05, 3.63) is 28.5 Å². The Hall–Kier alpha value is -0.830. The molecule has 0 spiro atoms. The van der Waals surface area contributed by atoms with Gasteiger partial charge < -0.3 is 5.11 Å². The van der Waals surface area contributed by atoms with E-state index in [1.165, 1.54) is 11.8 Å². The van der Waals surface area contributed by atoms with Gasteiger partial charge >= 0.3 is 5.97 Å². The second kappa shape index (κ2) is 6.51. The van der Waals surface area contributed by atoms with Gasteiger partial charge in [0.25, 0.3) is 0 Å². The molecular weight excluding hydrogens is 341 g/mol. The first kappa shape index (κ1) is 18.2. The van der Waals surface area contributed by atoms with Gasteiger partial charge in [0.1, 0.15) is 4.90 Å². The number of nitrogens with one attached hydrogen (secondary N) is 1.